The second-order valence-electron chi connectivity index (χ2n) is 5.40. The molecule has 0 fully saturated rings. The van der Waals surface area contributed by atoms with Crippen molar-refractivity contribution in [3.63, 3.8) is 0 Å². The van der Waals surface area contributed by atoms with Crippen molar-refractivity contribution in [1.82, 2.24) is 5.32 Å². The van der Waals surface area contributed by atoms with Gasteiger partial charge in [0.2, 0.25) is 5.91 Å². The molecule has 2 N–H and O–H groups in total. The van der Waals surface area contributed by atoms with Crippen LogP contribution in [-0.2, 0) is 19.1 Å². The van der Waals surface area contributed by atoms with Crippen LogP contribution in [0.25, 0.3) is 0 Å². The molecule has 0 atom stereocenters. The van der Waals surface area contributed by atoms with Crippen LogP contribution in [0.4, 0.5) is 10.1 Å². The molecule has 142 valence electrons. The SMILES string of the molecule is O=C(COC(=O)CCOc1ccccc1)NCC(=O)Nc1ccc(F)cc1. The van der Waals surface area contributed by atoms with E-state index in [0.29, 0.717) is 11.4 Å². The molecule has 0 aliphatic carbocycles. The average Bonchev–Trinajstić information content (AvgIpc) is 2.67. The van der Waals surface area contributed by atoms with Crippen molar-refractivity contribution in [2.24, 2.45) is 0 Å². The first-order chi connectivity index (χ1) is 13.0. The number of carbonyl (C=O) groups excluding carboxylic acids is 3. The van der Waals surface area contributed by atoms with Crippen molar-refractivity contribution in [3.05, 3.63) is 60.4 Å². The number of hydrogen-bond acceptors (Lipinski definition) is 5. The average molecular weight is 374 g/mol. The van der Waals surface area contributed by atoms with E-state index in [1.165, 1.54) is 24.3 Å². The van der Waals surface area contributed by atoms with Crippen molar-refractivity contribution < 1.29 is 28.2 Å². The predicted molar refractivity (Wildman–Crippen MR) is 95.6 cm³/mol. The summed E-state index contributed by atoms with van der Waals surface area (Å²) < 4.78 is 22.9. The van der Waals surface area contributed by atoms with Gasteiger partial charge in [0.25, 0.3) is 5.91 Å². The number of benzene rings is 2. The highest BCUT2D eigenvalue weighted by Crippen LogP contribution is 2.09. The summed E-state index contributed by atoms with van der Waals surface area (Å²) in [6.45, 7) is -0.663. The van der Waals surface area contributed by atoms with Gasteiger partial charge in [-0.1, -0.05) is 18.2 Å². The van der Waals surface area contributed by atoms with Crippen molar-refractivity contribution in [3.8, 4) is 5.75 Å². The maximum atomic E-state index is 12.8. The normalized spacial score (nSPS) is 9.96. The van der Waals surface area contributed by atoms with Gasteiger partial charge < -0.3 is 20.1 Å². The predicted octanol–water partition coefficient (Wildman–Crippen LogP) is 1.89. The van der Waals surface area contributed by atoms with E-state index in [4.69, 9.17) is 9.47 Å². The maximum absolute atomic E-state index is 12.8. The zero-order valence-electron chi connectivity index (χ0n) is 14.4. The molecule has 2 aromatic rings. The molecule has 0 heterocycles. The second kappa shape index (κ2) is 10.5. The van der Waals surface area contributed by atoms with E-state index < -0.39 is 30.2 Å². The highest BCUT2D eigenvalue weighted by molar-refractivity contribution is 5.94. The first-order valence-electron chi connectivity index (χ1n) is 8.18. The minimum absolute atomic E-state index is 0.00672. The number of hydrogen-bond donors (Lipinski definition) is 2. The fourth-order valence-corrected chi connectivity index (χ4v) is 1.96. The second-order valence-corrected chi connectivity index (χ2v) is 5.40. The Morgan fingerprint density at radius 3 is 2.33 bits per heavy atom. The highest BCUT2D eigenvalue weighted by Gasteiger charge is 2.10. The zero-order valence-corrected chi connectivity index (χ0v) is 14.4. The lowest BCUT2D eigenvalue weighted by Gasteiger charge is -2.08. The Labute approximate surface area is 155 Å². The van der Waals surface area contributed by atoms with E-state index in [9.17, 15) is 18.8 Å². The fraction of sp³-hybridized carbons (Fsp3) is 0.211. The molecule has 0 bridgehead atoms. The molecule has 0 aliphatic heterocycles. The van der Waals surface area contributed by atoms with Crippen LogP contribution in [0.2, 0.25) is 0 Å². The minimum Gasteiger partial charge on any atom is -0.493 e. The molecule has 27 heavy (non-hydrogen) atoms. The summed E-state index contributed by atoms with van der Waals surface area (Å²) in [7, 11) is 0. The number of amides is 2. The molecular formula is C19H19FN2O5. The van der Waals surface area contributed by atoms with E-state index in [-0.39, 0.29) is 19.6 Å². The Hall–Kier alpha value is -3.42. The monoisotopic (exact) mass is 374 g/mol. The molecule has 0 spiro atoms. The smallest absolute Gasteiger partial charge is 0.309 e. The molecule has 7 nitrogen and oxygen atoms in total. The van der Waals surface area contributed by atoms with Gasteiger partial charge in [0, 0.05) is 5.69 Å². The molecule has 0 aromatic heterocycles. The maximum Gasteiger partial charge on any atom is 0.309 e. The van der Waals surface area contributed by atoms with Gasteiger partial charge in [0.15, 0.2) is 6.61 Å². The molecule has 0 aliphatic rings. The number of para-hydroxylation sites is 1. The third kappa shape index (κ3) is 8.00. The van der Waals surface area contributed by atoms with Gasteiger partial charge in [0.1, 0.15) is 11.6 Å². The minimum atomic E-state index is -0.610. The Kier molecular flexibility index (Phi) is 7.77. The van der Waals surface area contributed by atoms with E-state index in [2.05, 4.69) is 10.6 Å². The van der Waals surface area contributed by atoms with Gasteiger partial charge in [-0.25, -0.2) is 4.39 Å². The van der Waals surface area contributed by atoms with Crippen molar-refractivity contribution >= 4 is 23.5 Å². The molecule has 8 heteroatoms. The van der Waals surface area contributed by atoms with Gasteiger partial charge in [-0.2, -0.15) is 0 Å². The van der Waals surface area contributed by atoms with Crippen molar-refractivity contribution in [2.75, 3.05) is 25.1 Å². The first-order valence-corrected chi connectivity index (χ1v) is 8.18. The highest BCUT2D eigenvalue weighted by atomic mass is 19.1. The van der Waals surface area contributed by atoms with Crippen LogP contribution in [0, 0.1) is 5.82 Å². The van der Waals surface area contributed by atoms with Crippen LogP contribution in [-0.4, -0.2) is 37.5 Å². The van der Waals surface area contributed by atoms with Crippen LogP contribution >= 0.6 is 0 Å². The lowest BCUT2D eigenvalue weighted by molar-refractivity contribution is -0.149. The van der Waals surface area contributed by atoms with Crippen molar-refractivity contribution in [2.45, 2.75) is 6.42 Å². The summed E-state index contributed by atoms with van der Waals surface area (Å²) in [6, 6.07) is 14.2. The molecule has 0 saturated heterocycles. The van der Waals surface area contributed by atoms with Gasteiger partial charge in [0.05, 0.1) is 19.6 Å². The number of ether oxygens (including phenoxy) is 2. The number of nitrogens with one attached hydrogen (secondary N) is 2. The van der Waals surface area contributed by atoms with Crippen LogP contribution < -0.4 is 15.4 Å². The molecule has 2 aromatic carbocycles. The van der Waals surface area contributed by atoms with E-state index >= 15 is 0 Å². The quantitative estimate of drug-likeness (QED) is 0.654. The Morgan fingerprint density at radius 2 is 1.63 bits per heavy atom. The fourth-order valence-electron chi connectivity index (χ4n) is 1.96. The molecule has 2 rings (SSSR count). The molecule has 0 saturated carbocycles. The van der Waals surface area contributed by atoms with Crippen LogP contribution in [0.3, 0.4) is 0 Å². The Balaban J connectivity index is 1.57. The standard InChI is InChI=1S/C19H19FN2O5/c20-14-6-8-15(9-7-14)22-17(23)12-21-18(24)13-27-19(25)10-11-26-16-4-2-1-3-5-16/h1-9H,10-13H2,(H,21,24)(H,22,23). The molecule has 2 amide bonds. The summed E-state index contributed by atoms with van der Waals surface area (Å²) in [5, 5.41) is 4.81. The summed E-state index contributed by atoms with van der Waals surface area (Å²) in [5.41, 5.74) is 0.403. The van der Waals surface area contributed by atoms with Gasteiger partial charge in [-0.15, -0.1) is 0 Å². The van der Waals surface area contributed by atoms with Crippen LogP contribution in [0.5, 0.6) is 5.75 Å². The first kappa shape index (κ1) is 19.9. The van der Waals surface area contributed by atoms with Gasteiger partial charge in [-0.05, 0) is 36.4 Å². The van der Waals surface area contributed by atoms with Crippen molar-refractivity contribution in [1.29, 1.82) is 0 Å². The largest absolute Gasteiger partial charge is 0.493 e. The Morgan fingerprint density at radius 1 is 0.926 bits per heavy atom. The third-order valence-electron chi connectivity index (χ3n) is 3.26. The summed E-state index contributed by atoms with van der Waals surface area (Å²) >= 11 is 0. The van der Waals surface area contributed by atoms with Crippen LogP contribution in [0.1, 0.15) is 6.42 Å². The number of anilines is 1. The Bertz CT molecular complexity index is 765. The topological polar surface area (TPSA) is 93.7 Å². The third-order valence-corrected chi connectivity index (χ3v) is 3.26. The zero-order chi connectivity index (χ0) is 19.5. The van der Waals surface area contributed by atoms with E-state index in [1.807, 2.05) is 18.2 Å². The lowest BCUT2D eigenvalue weighted by Crippen LogP contribution is -2.35. The number of rotatable bonds is 9. The molecule has 0 unspecified atom stereocenters. The van der Waals surface area contributed by atoms with E-state index in [0.717, 1.165) is 0 Å². The number of esters is 1. The van der Waals surface area contributed by atoms with E-state index in [1.54, 1.807) is 12.1 Å². The summed E-state index contributed by atoms with van der Waals surface area (Å²) in [6.07, 6.45) is -0.00672. The number of halogens is 1. The summed E-state index contributed by atoms with van der Waals surface area (Å²) in [5.74, 6) is -1.47. The summed E-state index contributed by atoms with van der Waals surface area (Å²) in [4.78, 5) is 34.8. The van der Waals surface area contributed by atoms with Gasteiger partial charge in [-0.3, -0.25) is 14.4 Å². The molecular weight excluding hydrogens is 355 g/mol. The molecule has 0 radical (unpaired) electrons. The number of carbonyl (C=O) groups is 3. The van der Waals surface area contributed by atoms with Gasteiger partial charge >= 0.3 is 5.97 Å². The van der Waals surface area contributed by atoms with Crippen LogP contribution in [0.15, 0.2) is 54.6 Å². The lowest BCUT2D eigenvalue weighted by atomic mass is 10.3.